The van der Waals surface area contributed by atoms with Crippen LogP contribution >= 0.6 is 0 Å². The average Bonchev–Trinajstić information content (AvgIpc) is 2.73. The van der Waals surface area contributed by atoms with E-state index in [1.54, 1.807) is 12.1 Å². The molecule has 0 fully saturated rings. The van der Waals surface area contributed by atoms with Gasteiger partial charge in [-0.1, -0.05) is 75.4 Å². The summed E-state index contributed by atoms with van der Waals surface area (Å²) in [6.07, 6.45) is 0. The van der Waals surface area contributed by atoms with Gasteiger partial charge in [0.05, 0.1) is 10.6 Å². The molecule has 31 heavy (non-hydrogen) atoms. The molecule has 2 amide bonds. The number of urea groups is 1. The zero-order valence-electron chi connectivity index (χ0n) is 18.1. The van der Waals surface area contributed by atoms with Crippen LogP contribution in [0.2, 0.25) is 0 Å². The second-order valence-corrected chi connectivity index (χ2v) is 10.5. The summed E-state index contributed by atoms with van der Waals surface area (Å²) < 4.78 is 25.9. The predicted molar refractivity (Wildman–Crippen MR) is 125 cm³/mol. The summed E-state index contributed by atoms with van der Waals surface area (Å²) in [5.41, 5.74) is 3.20. The van der Waals surface area contributed by atoms with Crippen LogP contribution in [0.4, 0.5) is 10.5 Å². The van der Waals surface area contributed by atoms with Crippen molar-refractivity contribution >= 4 is 21.6 Å². The molecule has 5 nitrogen and oxygen atoms in total. The van der Waals surface area contributed by atoms with E-state index in [4.69, 9.17) is 0 Å². The van der Waals surface area contributed by atoms with E-state index in [1.165, 1.54) is 12.1 Å². The van der Waals surface area contributed by atoms with Crippen LogP contribution in [-0.4, -0.2) is 14.4 Å². The molecule has 0 saturated heterocycles. The molecular formula is C25H28N2O3S. The first-order valence-corrected chi connectivity index (χ1v) is 11.8. The largest absolute Gasteiger partial charge is 0.334 e. The number of nitrogens with one attached hydrogen (secondary N) is 2. The third-order valence-electron chi connectivity index (χ3n) is 4.94. The Balaban J connectivity index is 1.66. The summed E-state index contributed by atoms with van der Waals surface area (Å²) in [5.74, 6) is -0.0647. The van der Waals surface area contributed by atoms with E-state index in [0.29, 0.717) is 12.2 Å². The Bertz CT molecular complexity index is 1130. The second-order valence-electron chi connectivity index (χ2n) is 8.48. The molecule has 3 aromatic rings. The lowest BCUT2D eigenvalue weighted by atomic mass is 9.84. The Morgan fingerprint density at radius 1 is 0.839 bits per heavy atom. The van der Waals surface area contributed by atoms with Gasteiger partial charge in [0.25, 0.3) is 0 Å². The first-order valence-electron chi connectivity index (χ1n) is 10.2. The van der Waals surface area contributed by atoms with Crippen LogP contribution in [0.25, 0.3) is 0 Å². The summed E-state index contributed by atoms with van der Waals surface area (Å²) in [6.45, 7) is 6.62. The maximum Gasteiger partial charge on any atom is 0.319 e. The fourth-order valence-electron chi connectivity index (χ4n) is 3.36. The van der Waals surface area contributed by atoms with Crippen molar-refractivity contribution in [2.24, 2.45) is 0 Å². The molecule has 0 bridgehead atoms. The highest BCUT2D eigenvalue weighted by Gasteiger charge is 2.22. The van der Waals surface area contributed by atoms with Gasteiger partial charge in [0.2, 0.25) is 0 Å². The number of amides is 2. The van der Waals surface area contributed by atoms with Gasteiger partial charge < -0.3 is 10.6 Å². The van der Waals surface area contributed by atoms with Gasteiger partial charge in [0.15, 0.2) is 9.84 Å². The number of sulfone groups is 1. The highest BCUT2D eigenvalue weighted by Crippen LogP contribution is 2.28. The maximum atomic E-state index is 13.0. The minimum Gasteiger partial charge on any atom is -0.334 e. The molecule has 2 N–H and O–H groups in total. The van der Waals surface area contributed by atoms with Crippen LogP contribution in [-0.2, 0) is 27.5 Å². The molecule has 0 atom stereocenters. The van der Waals surface area contributed by atoms with E-state index in [9.17, 15) is 13.2 Å². The van der Waals surface area contributed by atoms with E-state index in [1.807, 2.05) is 54.6 Å². The van der Waals surface area contributed by atoms with Gasteiger partial charge in [0, 0.05) is 12.2 Å². The Morgan fingerprint density at radius 2 is 1.45 bits per heavy atom. The lowest BCUT2D eigenvalue weighted by molar-refractivity contribution is 0.251. The molecule has 0 aliphatic carbocycles. The van der Waals surface area contributed by atoms with Crippen molar-refractivity contribution in [3.63, 3.8) is 0 Å². The fraction of sp³-hybridized carbons (Fsp3) is 0.240. The molecule has 3 rings (SSSR count). The van der Waals surface area contributed by atoms with Crippen molar-refractivity contribution in [1.82, 2.24) is 5.32 Å². The first-order chi connectivity index (χ1) is 14.6. The SMILES string of the molecule is CC(C)(C)c1ccccc1CS(=O)(=O)c1ccc(NC(=O)NCc2ccccc2)cc1. The van der Waals surface area contributed by atoms with Gasteiger partial charge in [-0.3, -0.25) is 0 Å². The topological polar surface area (TPSA) is 75.3 Å². The minimum absolute atomic E-state index is 0.0647. The molecule has 0 heterocycles. The van der Waals surface area contributed by atoms with E-state index in [-0.39, 0.29) is 22.1 Å². The minimum atomic E-state index is -3.52. The Hall–Kier alpha value is -3.12. The van der Waals surface area contributed by atoms with Crippen LogP contribution in [0.1, 0.15) is 37.5 Å². The summed E-state index contributed by atoms with van der Waals surface area (Å²) in [6, 6.07) is 23.1. The molecule has 0 spiro atoms. The molecule has 0 radical (unpaired) electrons. The van der Waals surface area contributed by atoms with Crippen molar-refractivity contribution in [3.05, 3.63) is 95.6 Å². The van der Waals surface area contributed by atoms with Crippen molar-refractivity contribution in [2.75, 3.05) is 5.32 Å². The molecule has 0 aliphatic heterocycles. The average molecular weight is 437 g/mol. The van der Waals surface area contributed by atoms with Gasteiger partial charge in [0.1, 0.15) is 0 Å². The quantitative estimate of drug-likeness (QED) is 0.552. The fourth-order valence-corrected chi connectivity index (χ4v) is 4.74. The van der Waals surface area contributed by atoms with Crippen molar-refractivity contribution in [1.29, 1.82) is 0 Å². The molecule has 0 unspecified atom stereocenters. The highest BCUT2D eigenvalue weighted by molar-refractivity contribution is 7.90. The lowest BCUT2D eigenvalue weighted by Gasteiger charge is -2.22. The van der Waals surface area contributed by atoms with E-state index < -0.39 is 9.84 Å². The van der Waals surface area contributed by atoms with Crippen molar-refractivity contribution < 1.29 is 13.2 Å². The van der Waals surface area contributed by atoms with Gasteiger partial charge in [-0.15, -0.1) is 0 Å². The maximum absolute atomic E-state index is 13.0. The number of hydrogen-bond donors (Lipinski definition) is 2. The van der Waals surface area contributed by atoms with E-state index >= 15 is 0 Å². The lowest BCUT2D eigenvalue weighted by Crippen LogP contribution is -2.28. The van der Waals surface area contributed by atoms with Gasteiger partial charge in [-0.2, -0.15) is 0 Å². The number of carbonyl (C=O) groups is 1. The van der Waals surface area contributed by atoms with Gasteiger partial charge in [-0.25, -0.2) is 13.2 Å². The second kappa shape index (κ2) is 9.35. The summed E-state index contributed by atoms with van der Waals surface area (Å²) in [4.78, 5) is 12.3. The molecule has 0 saturated carbocycles. The molecule has 0 aromatic heterocycles. The molecule has 3 aromatic carbocycles. The Morgan fingerprint density at radius 3 is 2.10 bits per heavy atom. The molecule has 6 heteroatoms. The smallest absolute Gasteiger partial charge is 0.319 e. The van der Waals surface area contributed by atoms with Crippen LogP contribution in [0, 0.1) is 0 Å². The zero-order chi connectivity index (χ0) is 22.5. The van der Waals surface area contributed by atoms with E-state index in [2.05, 4.69) is 31.4 Å². The first kappa shape index (κ1) is 22.6. The number of benzene rings is 3. The Labute approximate surface area is 184 Å². The van der Waals surface area contributed by atoms with Crippen LogP contribution in [0.3, 0.4) is 0 Å². The standard InChI is InChI=1S/C25H28N2O3S/c1-25(2,3)23-12-8-7-11-20(23)18-31(29,30)22-15-13-21(14-16-22)27-24(28)26-17-19-9-5-4-6-10-19/h4-16H,17-18H2,1-3H3,(H2,26,27,28). The summed E-state index contributed by atoms with van der Waals surface area (Å²) in [7, 11) is -3.52. The van der Waals surface area contributed by atoms with Gasteiger partial charge in [-0.05, 0) is 46.4 Å². The van der Waals surface area contributed by atoms with Crippen LogP contribution in [0.15, 0.2) is 83.8 Å². The molecular weight excluding hydrogens is 408 g/mol. The van der Waals surface area contributed by atoms with Crippen LogP contribution in [0.5, 0.6) is 0 Å². The summed E-state index contributed by atoms with van der Waals surface area (Å²) >= 11 is 0. The van der Waals surface area contributed by atoms with E-state index in [0.717, 1.165) is 16.7 Å². The number of rotatable bonds is 6. The predicted octanol–water partition coefficient (Wildman–Crippen LogP) is 5.28. The highest BCUT2D eigenvalue weighted by atomic mass is 32.2. The third kappa shape index (κ3) is 6.18. The number of anilines is 1. The van der Waals surface area contributed by atoms with Crippen molar-refractivity contribution in [3.8, 4) is 0 Å². The number of hydrogen-bond acceptors (Lipinski definition) is 3. The summed E-state index contributed by atoms with van der Waals surface area (Å²) in [5, 5.41) is 5.50. The molecule has 162 valence electrons. The normalized spacial score (nSPS) is 11.7. The zero-order valence-corrected chi connectivity index (χ0v) is 18.9. The van der Waals surface area contributed by atoms with Crippen LogP contribution < -0.4 is 10.6 Å². The monoisotopic (exact) mass is 436 g/mol. The third-order valence-corrected chi connectivity index (χ3v) is 6.62. The number of carbonyl (C=O) groups excluding carboxylic acids is 1. The Kier molecular flexibility index (Phi) is 6.81. The molecule has 0 aliphatic rings. The van der Waals surface area contributed by atoms with Gasteiger partial charge >= 0.3 is 6.03 Å². The van der Waals surface area contributed by atoms with Crippen molar-refractivity contribution in [2.45, 2.75) is 43.4 Å².